The van der Waals surface area contributed by atoms with Gasteiger partial charge in [-0.15, -0.1) is 0 Å². The molecule has 2 amide bonds. The number of allylic oxidation sites excluding steroid dienone is 2. The van der Waals surface area contributed by atoms with Crippen LogP contribution in [0.2, 0.25) is 0 Å². The molecule has 0 heterocycles. The number of nitrogens with two attached hydrogens (primary N) is 1. The van der Waals surface area contributed by atoms with Crippen LogP contribution in [0.4, 0.5) is 15.8 Å². The van der Waals surface area contributed by atoms with E-state index < -0.39 is 6.10 Å². The monoisotopic (exact) mass is 607 g/mol. The first-order chi connectivity index (χ1) is 21.1. The van der Waals surface area contributed by atoms with Gasteiger partial charge in [-0.25, -0.2) is 9.38 Å². The van der Waals surface area contributed by atoms with Crippen LogP contribution in [0.25, 0.3) is 5.57 Å². The number of aryl methyl sites for hydroxylation is 1. The van der Waals surface area contributed by atoms with E-state index in [2.05, 4.69) is 31.3 Å². The minimum atomic E-state index is -0.926. The zero-order valence-electron chi connectivity index (χ0n) is 26.6. The molecule has 11 heteroatoms. The molecule has 0 aliphatic rings. The number of amides is 2. The molecule has 2 aromatic rings. The standard InChI is InChI=1S/C33H46FN7O3/c1-7-16-37-32(23(5)38-18-21(3)27-13-14-29(36-6)22(4)31(27)34)41-25-11-12-28(24(8-2)17-25)33(44)40-20-26(42)19-39-30(43)10-9-15-35/h7,11-14,16-18,26,36,42H,8-10,15,19-20,35H2,1-6H3,(H,37,41)(H,39,43)(H,40,44)/b16-7-,21-18+,38-23?. The molecule has 0 fully saturated rings. The summed E-state index contributed by atoms with van der Waals surface area (Å²) in [5.74, 6) is -0.321. The molecular weight excluding hydrogens is 561 g/mol. The van der Waals surface area contributed by atoms with E-state index in [4.69, 9.17) is 5.73 Å². The van der Waals surface area contributed by atoms with Gasteiger partial charge in [-0.05, 0) is 88.5 Å². The van der Waals surface area contributed by atoms with Gasteiger partial charge >= 0.3 is 0 Å². The molecule has 0 saturated carbocycles. The summed E-state index contributed by atoms with van der Waals surface area (Å²) in [4.78, 5) is 33.7. The van der Waals surface area contributed by atoms with Crippen molar-refractivity contribution in [3.8, 4) is 0 Å². The van der Waals surface area contributed by atoms with Gasteiger partial charge in [-0.2, -0.15) is 0 Å². The lowest BCUT2D eigenvalue weighted by atomic mass is 10.0. The molecule has 0 aliphatic carbocycles. The molecule has 2 rings (SSSR count). The molecule has 238 valence electrons. The smallest absolute Gasteiger partial charge is 0.251 e. The Kier molecular flexibility index (Phi) is 14.9. The Morgan fingerprint density at radius 3 is 2.45 bits per heavy atom. The van der Waals surface area contributed by atoms with Gasteiger partial charge in [0.1, 0.15) is 5.82 Å². The molecule has 1 atom stereocenters. The van der Waals surface area contributed by atoms with Gasteiger partial charge in [0.15, 0.2) is 5.84 Å². The van der Waals surface area contributed by atoms with Crippen LogP contribution in [0.3, 0.4) is 0 Å². The molecular formula is C33H46FN7O3. The van der Waals surface area contributed by atoms with Crippen LogP contribution >= 0.6 is 0 Å². The Balaban J connectivity index is 2.17. The van der Waals surface area contributed by atoms with Crippen molar-refractivity contribution < 1.29 is 19.1 Å². The van der Waals surface area contributed by atoms with E-state index in [1.807, 2.05) is 26.0 Å². The van der Waals surface area contributed by atoms with Crippen molar-refractivity contribution in [1.29, 1.82) is 0 Å². The second kappa shape index (κ2) is 18.3. The number of nitrogens with one attached hydrogen (secondary N) is 4. The fourth-order valence-corrected chi connectivity index (χ4v) is 4.23. The number of anilines is 2. The first-order valence-corrected chi connectivity index (χ1v) is 14.8. The van der Waals surface area contributed by atoms with Crippen LogP contribution in [-0.4, -0.2) is 61.3 Å². The molecule has 1 unspecified atom stereocenters. The van der Waals surface area contributed by atoms with Crippen molar-refractivity contribution in [2.24, 2.45) is 15.7 Å². The molecule has 44 heavy (non-hydrogen) atoms. The summed E-state index contributed by atoms with van der Waals surface area (Å²) in [6.07, 6.45) is 5.58. The molecule has 0 spiro atoms. The summed E-state index contributed by atoms with van der Waals surface area (Å²) in [5.41, 5.74) is 10.4. The Morgan fingerprint density at radius 2 is 1.80 bits per heavy atom. The van der Waals surface area contributed by atoms with Gasteiger partial charge in [0.2, 0.25) is 5.91 Å². The highest BCUT2D eigenvalue weighted by atomic mass is 19.1. The fraction of sp³-hybridized carbons (Fsp3) is 0.394. The van der Waals surface area contributed by atoms with Crippen LogP contribution in [-0.2, 0) is 11.2 Å². The number of benzene rings is 2. The van der Waals surface area contributed by atoms with Gasteiger partial charge in [0.25, 0.3) is 5.91 Å². The van der Waals surface area contributed by atoms with E-state index >= 15 is 0 Å². The fourth-order valence-electron chi connectivity index (χ4n) is 4.23. The number of carbonyl (C=O) groups is 2. The third-order valence-electron chi connectivity index (χ3n) is 6.86. The number of amidine groups is 1. The number of carbonyl (C=O) groups excluding carboxylic acids is 2. The maximum atomic E-state index is 15.0. The number of aliphatic hydroxyl groups excluding tert-OH is 1. The van der Waals surface area contributed by atoms with Crippen molar-refractivity contribution in [1.82, 2.24) is 10.6 Å². The zero-order chi connectivity index (χ0) is 32.6. The van der Waals surface area contributed by atoms with Crippen molar-refractivity contribution in [2.75, 3.05) is 37.3 Å². The van der Waals surface area contributed by atoms with Gasteiger partial charge < -0.3 is 32.1 Å². The van der Waals surface area contributed by atoms with E-state index in [1.165, 1.54) is 0 Å². The quantitative estimate of drug-likeness (QED) is 0.129. The summed E-state index contributed by atoms with van der Waals surface area (Å²) < 4.78 is 15.0. The van der Waals surface area contributed by atoms with Gasteiger partial charge in [0.05, 0.1) is 11.8 Å². The zero-order valence-corrected chi connectivity index (χ0v) is 26.6. The predicted molar refractivity (Wildman–Crippen MR) is 179 cm³/mol. The second-order valence-electron chi connectivity index (χ2n) is 10.2. The third kappa shape index (κ3) is 10.7. The van der Waals surface area contributed by atoms with E-state index in [0.29, 0.717) is 65.3 Å². The normalized spacial score (nSPS) is 13.2. The van der Waals surface area contributed by atoms with Crippen LogP contribution in [0.15, 0.2) is 58.8 Å². The Morgan fingerprint density at radius 1 is 1.09 bits per heavy atom. The largest absolute Gasteiger partial charge is 0.389 e. The number of aliphatic imine (C=N–C) groups is 2. The van der Waals surface area contributed by atoms with Crippen molar-refractivity contribution >= 4 is 40.3 Å². The molecule has 0 radical (unpaired) electrons. The topological polar surface area (TPSA) is 153 Å². The average molecular weight is 608 g/mol. The predicted octanol–water partition coefficient (Wildman–Crippen LogP) is 4.55. The maximum Gasteiger partial charge on any atom is 0.251 e. The number of halogens is 1. The van der Waals surface area contributed by atoms with Crippen molar-refractivity contribution in [3.63, 3.8) is 0 Å². The van der Waals surface area contributed by atoms with Gasteiger partial charge in [-0.3, -0.25) is 14.6 Å². The number of hydrogen-bond acceptors (Lipinski definition) is 7. The van der Waals surface area contributed by atoms with Crippen molar-refractivity contribution in [3.05, 3.63) is 76.9 Å². The molecule has 0 bridgehead atoms. The minimum Gasteiger partial charge on any atom is -0.389 e. The Hall–Kier alpha value is -4.35. The van der Waals surface area contributed by atoms with E-state index in [0.717, 1.165) is 11.3 Å². The molecule has 0 aliphatic heterocycles. The Bertz CT molecular complexity index is 1420. The summed E-state index contributed by atoms with van der Waals surface area (Å²) in [6, 6.07) is 8.91. The second-order valence-corrected chi connectivity index (χ2v) is 10.2. The van der Waals surface area contributed by atoms with Crippen LogP contribution in [0, 0.1) is 12.7 Å². The molecule has 0 saturated heterocycles. The van der Waals surface area contributed by atoms with Crippen LogP contribution in [0.5, 0.6) is 0 Å². The number of hydrogen-bond donors (Lipinski definition) is 6. The lowest BCUT2D eigenvalue weighted by Crippen LogP contribution is -2.40. The number of aliphatic hydroxyl groups is 1. The lowest BCUT2D eigenvalue weighted by Gasteiger charge is -2.15. The minimum absolute atomic E-state index is 0.00891. The number of rotatable bonds is 15. The van der Waals surface area contributed by atoms with Crippen LogP contribution in [0.1, 0.15) is 67.6 Å². The summed E-state index contributed by atoms with van der Waals surface area (Å²) in [6.45, 7) is 9.59. The van der Waals surface area contributed by atoms with Crippen LogP contribution < -0.4 is 27.0 Å². The molecule has 2 aromatic carbocycles. The SMILES string of the molecule is C/C=C\N=C(Nc1ccc(C(=O)NCC(O)CNC(=O)CCCN)c(CC)c1)C(C)=N/C=C(\C)c1ccc(NC)c(C)c1F. The van der Waals surface area contributed by atoms with Gasteiger partial charge in [0, 0.05) is 67.0 Å². The first-order valence-electron chi connectivity index (χ1n) is 14.8. The average Bonchev–Trinajstić information content (AvgIpc) is 3.03. The Labute approximate surface area is 259 Å². The highest BCUT2D eigenvalue weighted by Gasteiger charge is 2.15. The molecule has 0 aromatic heterocycles. The summed E-state index contributed by atoms with van der Waals surface area (Å²) in [5, 5.41) is 21.8. The van der Waals surface area contributed by atoms with E-state index in [9.17, 15) is 19.1 Å². The van der Waals surface area contributed by atoms with Crippen molar-refractivity contribution in [2.45, 2.75) is 60.0 Å². The first kappa shape index (κ1) is 35.8. The molecule has 10 nitrogen and oxygen atoms in total. The highest BCUT2D eigenvalue weighted by Crippen LogP contribution is 2.26. The lowest BCUT2D eigenvalue weighted by molar-refractivity contribution is -0.121. The highest BCUT2D eigenvalue weighted by molar-refractivity contribution is 6.45. The molecule has 7 N–H and O–H groups in total. The van der Waals surface area contributed by atoms with E-state index in [-0.39, 0.29) is 30.7 Å². The number of nitrogens with zero attached hydrogens (tertiary/aromatic N) is 2. The van der Waals surface area contributed by atoms with Gasteiger partial charge in [-0.1, -0.05) is 13.0 Å². The summed E-state index contributed by atoms with van der Waals surface area (Å²) >= 11 is 0. The maximum absolute atomic E-state index is 15.0. The van der Waals surface area contributed by atoms with E-state index in [1.54, 1.807) is 64.5 Å². The summed E-state index contributed by atoms with van der Waals surface area (Å²) in [7, 11) is 1.76. The third-order valence-corrected chi connectivity index (χ3v) is 6.86.